The summed E-state index contributed by atoms with van der Waals surface area (Å²) in [6, 6.07) is 0. The summed E-state index contributed by atoms with van der Waals surface area (Å²) in [4.78, 5) is 0. The Morgan fingerprint density at radius 3 is 1.73 bits per heavy atom. The molecule has 0 nitrogen and oxygen atoms in total. The molecule has 0 saturated heterocycles. The second-order valence-electron chi connectivity index (χ2n) is 3.29. The highest BCUT2D eigenvalue weighted by Gasteiger charge is 2.43. The van der Waals surface area contributed by atoms with Crippen molar-refractivity contribution in [2.24, 2.45) is 11.3 Å². The Morgan fingerprint density at radius 2 is 1.64 bits per heavy atom. The van der Waals surface area contributed by atoms with Crippen molar-refractivity contribution in [2.45, 2.75) is 26.9 Å². The summed E-state index contributed by atoms with van der Waals surface area (Å²) in [5.41, 5.74) is -0.877. The molecule has 0 bridgehead atoms. The van der Waals surface area contributed by atoms with Crippen LogP contribution in [0.25, 0.3) is 0 Å². The lowest BCUT2D eigenvalue weighted by molar-refractivity contribution is -0.190. The van der Waals surface area contributed by atoms with Gasteiger partial charge in [-0.15, -0.1) is 6.58 Å². The number of hydrogen-bond acceptors (Lipinski definition) is 0. The van der Waals surface area contributed by atoms with E-state index in [0.29, 0.717) is 0 Å². The maximum atomic E-state index is 12.1. The molecule has 0 fully saturated rings. The minimum atomic E-state index is -4.13. The lowest BCUT2D eigenvalue weighted by atomic mass is 9.80. The first kappa shape index (κ1) is 10.5. The highest BCUT2D eigenvalue weighted by Crippen LogP contribution is 2.39. The second kappa shape index (κ2) is 2.88. The molecule has 1 atom stereocenters. The number of rotatable bonds is 2. The predicted octanol–water partition coefficient (Wildman–Crippen LogP) is 3.40. The highest BCUT2D eigenvalue weighted by molar-refractivity contribution is 4.93. The van der Waals surface area contributed by atoms with Crippen LogP contribution in [0.5, 0.6) is 0 Å². The zero-order valence-electron chi connectivity index (χ0n) is 7.00. The van der Waals surface area contributed by atoms with Crippen molar-refractivity contribution in [2.75, 3.05) is 0 Å². The molecule has 0 heterocycles. The molecule has 0 aromatic heterocycles. The summed E-state index contributed by atoms with van der Waals surface area (Å²) < 4.78 is 36.3. The summed E-state index contributed by atoms with van der Waals surface area (Å²) in [7, 11) is 0. The van der Waals surface area contributed by atoms with Gasteiger partial charge in [0.1, 0.15) is 0 Å². The molecule has 0 aromatic rings. The van der Waals surface area contributed by atoms with Crippen molar-refractivity contribution in [1.82, 2.24) is 0 Å². The van der Waals surface area contributed by atoms with Crippen molar-refractivity contribution in [3.05, 3.63) is 12.7 Å². The highest BCUT2D eigenvalue weighted by atomic mass is 19.4. The van der Waals surface area contributed by atoms with Gasteiger partial charge in [0.15, 0.2) is 0 Å². The summed E-state index contributed by atoms with van der Waals surface area (Å²) in [6.07, 6.45) is -2.79. The van der Waals surface area contributed by atoms with Gasteiger partial charge in [-0.3, -0.25) is 0 Å². The van der Waals surface area contributed by atoms with E-state index >= 15 is 0 Å². The predicted molar refractivity (Wildman–Crippen MR) is 39.2 cm³/mol. The monoisotopic (exact) mass is 166 g/mol. The zero-order valence-corrected chi connectivity index (χ0v) is 7.00. The molecule has 0 aliphatic carbocycles. The van der Waals surface area contributed by atoms with E-state index in [-0.39, 0.29) is 0 Å². The van der Waals surface area contributed by atoms with E-state index in [1.165, 1.54) is 26.8 Å². The lowest BCUT2D eigenvalue weighted by Gasteiger charge is -2.29. The molecule has 0 amide bonds. The van der Waals surface area contributed by atoms with Crippen LogP contribution in [0.15, 0.2) is 12.7 Å². The molecule has 0 radical (unpaired) electrons. The maximum Gasteiger partial charge on any atom is 0.392 e. The fraction of sp³-hybridized carbons (Fsp3) is 0.750. The van der Waals surface area contributed by atoms with E-state index in [2.05, 4.69) is 6.58 Å². The lowest BCUT2D eigenvalue weighted by Crippen LogP contribution is -2.32. The summed E-state index contributed by atoms with van der Waals surface area (Å²) in [5.74, 6) is -1.34. The van der Waals surface area contributed by atoms with Gasteiger partial charge in [-0.2, -0.15) is 13.2 Å². The van der Waals surface area contributed by atoms with E-state index in [4.69, 9.17) is 0 Å². The van der Waals surface area contributed by atoms with Gasteiger partial charge in [0.2, 0.25) is 0 Å². The Balaban J connectivity index is 4.48. The number of halogens is 3. The van der Waals surface area contributed by atoms with Crippen molar-refractivity contribution in [1.29, 1.82) is 0 Å². The minimum absolute atomic E-state index is 0.877. The van der Waals surface area contributed by atoms with Crippen molar-refractivity contribution in [3.63, 3.8) is 0 Å². The molecule has 11 heavy (non-hydrogen) atoms. The number of allylic oxidation sites excluding steroid dienone is 1. The molecular formula is C8H13F3. The van der Waals surface area contributed by atoms with Crippen molar-refractivity contribution < 1.29 is 13.2 Å². The van der Waals surface area contributed by atoms with Crippen LogP contribution >= 0.6 is 0 Å². The average molecular weight is 166 g/mol. The van der Waals surface area contributed by atoms with Gasteiger partial charge >= 0.3 is 6.18 Å². The number of alkyl halides is 3. The van der Waals surface area contributed by atoms with Gasteiger partial charge in [-0.05, 0) is 5.41 Å². The third-order valence-electron chi connectivity index (χ3n) is 2.13. The fourth-order valence-electron chi connectivity index (χ4n) is 0.599. The van der Waals surface area contributed by atoms with Crippen LogP contribution in [0.2, 0.25) is 0 Å². The van der Waals surface area contributed by atoms with Gasteiger partial charge in [0, 0.05) is 0 Å². The standard InChI is InChI=1S/C8H13F3/c1-5-7(3,4)6(2)8(9,10)11/h5-6H,1H2,2-4H3/t6-/m1/s1. The van der Waals surface area contributed by atoms with Gasteiger partial charge in [0.25, 0.3) is 0 Å². The third kappa shape index (κ3) is 2.56. The minimum Gasteiger partial charge on any atom is -0.171 e. The zero-order chi connectivity index (χ0) is 9.28. The van der Waals surface area contributed by atoms with Gasteiger partial charge in [-0.1, -0.05) is 26.8 Å². The summed E-state index contributed by atoms with van der Waals surface area (Å²) in [6.45, 7) is 7.59. The van der Waals surface area contributed by atoms with Crippen LogP contribution in [-0.2, 0) is 0 Å². The SMILES string of the molecule is C=CC(C)(C)[C@@H](C)C(F)(F)F. The molecular weight excluding hydrogens is 153 g/mol. The molecule has 0 spiro atoms. The molecule has 0 aromatic carbocycles. The maximum absolute atomic E-state index is 12.1. The van der Waals surface area contributed by atoms with E-state index in [9.17, 15) is 13.2 Å². The Kier molecular flexibility index (Phi) is 2.75. The van der Waals surface area contributed by atoms with Crippen LogP contribution in [0.3, 0.4) is 0 Å². The molecule has 0 unspecified atom stereocenters. The van der Waals surface area contributed by atoms with E-state index in [0.717, 1.165) is 0 Å². The first-order chi connectivity index (χ1) is 4.72. The first-order valence-electron chi connectivity index (χ1n) is 3.42. The summed E-state index contributed by atoms with van der Waals surface area (Å²) >= 11 is 0. The topological polar surface area (TPSA) is 0 Å². The fourth-order valence-corrected chi connectivity index (χ4v) is 0.599. The molecule has 66 valence electrons. The van der Waals surface area contributed by atoms with Crippen LogP contribution in [-0.4, -0.2) is 6.18 Å². The Labute approximate surface area is 65.1 Å². The van der Waals surface area contributed by atoms with Crippen molar-refractivity contribution in [3.8, 4) is 0 Å². The molecule has 3 heteroatoms. The Bertz CT molecular complexity index is 144. The smallest absolute Gasteiger partial charge is 0.171 e. The summed E-state index contributed by atoms with van der Waals surface area (Å²) in [5, 5.41) is 0. The van der Waals surface area contributed by atoms with Crippen LogP contribution in [0.1, 0.15) is 20.8 Å². The molecule has 0 aliphatic rings. The van der Waals surface area contributed by atoms with E-state index in [1.807, 2.05) is 0 Å². The van der Waals surface area contributed by atoms with Gasteiger partial charge < -0.3 is 0 Å². The van der Waals surface area contributed by atoms with Crippen LogP contribution < -0.4 is 0 Å². The first-order valence-corrected chi connectivity index (χ1v) is 3.42. The van der Waals surface area contributed by atoms with E-state index < -0.39 is 17.5 Å². The Hall–Kier alpha value is -0.470. The molecule has 0 rings (SSSR count). The van der Waals surface area contributed by atoms with Crippen molar-refractivity contribution >= 4 is 0 Å². The quantitative estimate of drug-likeness (QED) is 0.551. The third-order valence-corrected chi connectivity index (χ3v) is 2.13. The molecule has 0 N–H and O–H groups in total. The van der Waals surface area contributed by atoms with Gasteiger partial charge in [-0.25, -0.2) is 0 Å². The number of hydrogen-bond donors (Lipinski definition) is 0. The molecule has 0 aliphatic heterocycles. The molecule has 0 saturated carbocycles. The largest absolute Gasteiger partial charge is 0.392 e. The van der Waals surface area contributed by atoms with Crippen LogP contribution in [0.4, 0.5) is 13.2 Å². The Morgan fingerprint density at radius 1 is 1.27 bits per heavy atom. The van der Waals surface area contributed by atoms with E-state index in [1.54, 1.807) is 0 Å². The van der Waals surface area contributed by atoms with Crippen LogP contribution in [0, 0.1) is 11.3 Å². The van der Waals surface area contributed by atoms with Gasteiger partial charge in [0.05, 0.1) is 5.92 Å². The normalized spacial score (nSPS) is 16.2. The second-order valence-corrected chi connectivity index (χ2v) is 3.29. The average Bonchev–Trinajstić information content (AvgIpc) is 1.84.